The molecule has 0 saturated carbocycles. The second-order valence-corrected chi connectivity index (χ2v) is 5.93. The summed E-state index contributed by atoms with van der Waals surface area (Å²) < 4.78 is 12.9. The average molecular weight is 332 g/mol. The van der Waals surface area contributed by atoms with E-state index >= 15 is 0 Å². The number of benzene rings is 1. The maximum absolute atomic E-state index is 12.2. The fourth-order valence-corrected chi connectivity index (χ4v) is 2.82. The molecule has 2 aromatic rings. The summed E-state index contributed by atoms with van der Waals surface area (Å²) in [6.45, 7) is 5.48. The van der Waals surface area contributed by atoms with Crippen LogP contribution in [0.15, 0.2) is 18.2 Å². The number of hydrogen-bond donors (Lipinski definition) is 1. The van der Waals surface area contributed by atoms with Crippen molar-refractivity contribution in [2.45, 2.75) is 38.8 Å². The topological polar surface area (TPSA) is 78.3 Å². The Hall–Kier alpha value is -1.99. The van der Waals surface area contributed by atoms with Gasteiger partial charge in [0.25, 0.3) is 5.91 Å². The highest BCUT2D eigenvalue weighted by atomic mass is 16.5. The lowest BCUT2D eigenvalue weighted by atomic mass is 10.2. The van der Waals surface area contributed by atoms with Crippen LogP contribution in [0.2, 0.25) is 0 Å². The summed E-state index contributed by atoms with van der Waals surface area (Å²) >= 11 is 0. The first-order valence-electron chi connectivity index (χ1n) is 8.58. The molecule has 7 nitrogen and oxygen atoms in total. The first kappa shape index (κ1) is 16.9. The zero-order chi connectivity index (χ0) is 16.8. The Morgan fingerprint density at radius 3 is 3.21 bits per heavy atom. The number of carbonyl (C=O) groups is 1. The first-order valence-corrected chi connectivity index (χ1v) is 8.58. The first-order chi connectivity index (χ1) is 11.8. The molecular weight excluding hydrogens is 308 g/mol. The van der Waals surface area contributed by atoms with E-state index in [1.54, 1.807) is 12.1 Å². The molecule has 1 amide bonds. The lowest BCUT2D eigenvalue weighted by Crippen LogP contribution is -2.25. The fourth-order valence-electron chi connectivity index (χ4n) is 2.82. The van der Waals surface area contributed by atoms with Gasteiger partial charge in [0.2, 0.25) is 0 Å². The molecule has 0 spiro atoms. The average Bonchev–Trinajstić information content (AvgIpc) is 3.26. The second-order valence-electron chi connectivity index (χ2n) is 5.93. The largest absolute Gasteiger partial charge is 0.379 e. The number of fused-ring (bicyclic) bond motifs is 1. The monoisotopic (exact) mass is 332 g/mol. The van der Waals surface area contributed by atoms with Crippen LogP contribution in [0, 0.1) is 0 Å². The van der Waals surface area contributed by atoms with Gasteiger partial charge in [0.15, 0.2) is 0 Å². The summed E-state index contributed by atoms with van der Waals surface area (Å²) in [6, 6.07) is 5.47. The van der Waals surface area contributed by atoms with Crippen molar-refractivity contribution in [3.63, 3.8) is 0 Å². The quantitative estimate of drug-likeness (QED) is 0.745. The van der Waals surface area contributed by atoms with Gasteiger partial charge in [-0.2, -0.15) is 0 Å². The van der Waals surface area contributed by atoms with E-state index in [2.05, 4.69) is 15.6 Å². The van der Waals surface area contributed by atoms with Gasteiger partial charge in [0.1, 0.15) is 5.52 Å². The molecule has 1 saturated heterocycles. The summed E-state index contributed by atoms with van der Waals surface area (Å²) in [6.07, 6.45) is 3.25. The van der Waals surface area contributed by atoms with Gasteiger partial charge in [0, 0.05) is 31.9 Å². The molecule has 7 heteroatoms. The van der Waals surface area contributed by atoms with Crippen LogP contribution in [0.25, 0.3) is 11.0 Å². The SMILES string of the molecule is CCn1nnc2cc(C(=O)NCCCOCC3CCCO3)ccc21. The van der Waals surface area contributed by atoms with Gasteiger partial charge in [-0.05, 0) is 44.4 Å². The third-order valence-electron chi connectivity index (χ3n) is 4.15. The molecule has 3 rings (SSSR count). The van der Waals surface area contributed by atoms with Gasteiger partial charge in [0.05, 0.1) is 18.2 Å². The molecule has 1 aromatic carbocycles. The van der Waals surface area contributed by atoms with Crippen molar-refractivity contribution in [3.05, 3.63) is 23.8 Å². The molecular formula is C17H24N4O3. The molecule has 1 aliphatic heterocycles. The Balaban J connectivity index is 1.40. The van der Waals surface area contributed by atoms with Gasteiger partial charge in [-0.1, -0.05) is 5.21 Å². The van der Waals surface area contributed by atoms with E-state index in [1.165, 1.54) is 0 Å². The van der Waals surface area contributed by atoms with Crippen LogP contribution in [0.5, 0.6) is 0 Å². The van der Waals surface area contributed by atoms with Crippen molar-refractivity contribution in [3.8, 4) is 0 Å². The van der Waals surface area contributed by atoms with E-state index in [9.17, 15) is 4.79 Å². The van der Waals surface area contributed by atoms with Gasteiger partial charge < -0.3 is 14.8 Å². The summed E-state index contributed by atoms with van der Waals surface area (Å²) in [4.78, 5) is 12.2. The van der Waals surface area contributed by atoms with Crippen molar-refractivity contribution in [1.29, 1.82) is 0 Å². The third kappa shape index (κ3) is 4.10. The van der Waals surface area contributed by atoms with Crippen LogP contribution >= 0.6 is 0 Å². The van der Waals surface area contributed by atoms with Gasteiger partial charge in [-0.25, -0.2) is 4.68 Å². The number of rotatable bonds is 8. The molecule has 0 aliphatic carbocycles. The Kier molecular flexibility index (Phi) is 5.77. The minimum Gasteiger partial charge on any atom is -0.379 e. The predicted molar refractivity (Wildman–Crippen MR) is 89.9 cm³/mol. The smallest absolute Gasteiger partial charge is 0.251 e. The molecule has 1 unspecified atom stereocenters. The van der Waals surface area contributed by atoms with Crippen molar-refractivity contribution in [2.75, 3.05) is 26.4 Å². The Labute approximate surface area is 141 Å². The summed E-state index contributed by atoms with van der Waals surface area (Å²) in [5, 5.41) is 11.1. The molecule has 0 bridgehead atoms. The van der Waals surface area contributed by atoms with Crippen LogP contribution < -0.4 is 5.32 Å². The molecule has 1 N–H and O–H groups in total. The molecule has 1 aromatic heterocycles. The summed E-state index contributed by atoms with van der Waals surface area (Å²) in [5.41, 5.74) is 2.28. The van der Waals surface area contributed by atoms with E-state index in [0.29, 0.717) is 25.3 Å². The zero-order valence-corrected chi connectivity index (χ0v) is 14.0. The van der Waals surface area contributed by atoms with Crippen molar-refractivity contribution < 1.29 is 14.3 Å². The Bertz CT molecular complexity index is 680. The normalized spacial score (nSPS) is 17.5. The molecule has 1 aliphatic rings. The number of amides is 1. The Morgan fingerprint density at radius 1 is 1.50 bits per heavy atom. The molecule has 0 radical (unpaired) electrons. The van der Waals surface area contributed by atoms with Crippen molar-refractivity contribution >= 4 is 16.9 Å². The highest BCUT2D eigenvalue weighted by Crippen LogP contribution is 2.13. The van der Waals surface area contributed by atoms with E-state index in [4.69, 9.17) is 9.47 Å². The van der Waals surface area contributed by atoms with Gasteiger partial charge in [-0.3, -0.25) is 4.79 Å². The molecule has 1 fully saturated rings. The highest BCUT2D eigenvalue weighted by Gasteiger charge is 2.15. The van der Waals surface area contributed by atoms with Crippen LogP contribution in [-0.2, 0) is 16.0 Å². The number of nitrogens with one attached hydrogen (secondary N) is 1. The molecule has 2 heterocycles. The number of ether oxygens (including phenoxy) is 2. The van der Waals surface area contributed by atoms with E-state index in [-0.39, 0.29) is 12.0 Å². The molecule has 130 valence electrons. The standard InChI is InChI=1S/C17H24N4O3/c1-2-21-16-7-6-13(11-15(16)19-20-21)17(22)18-8-4-9-23-12-14-5-3-10-24-14/h6-7,11,14H,2-5,8-10,12H2,1H3,(H,18,22). The maximum Gasteiger partial charge on any atom is 0.251 e. The minimum atomic E-state index is -0.0953. The van der Waals surface area contributed by atoms with E-state index < -0.39 is 0 Å². The number of aryl methyl sites for hydroxylation is 1. The summed E-state index contributed by atoms with van der Waals surface area (Å²) in [5.74, 6) is -0.0953. The van der Waals surface area contributed by atoms with E-state index in [0.717, 1.165) is 43.4 Å². The van der Waals surface area contributed by atoms with Crippen LogP contribution in [0.3, 0.4) is 0 Å². The van der Waals surface area contributed by atoms with Crippen LogP contribution in [0.4, 0.5) is 0 Å². The number of hydrogen-bond acceptors (Lipinski definition) is 5. The van der Waals surface area contributed by atoms with Crippen LogP contribution in [0.1, 0.15) is 36.5 Å². The van der Waals surface area contributed by atoms with Gasteiger partial charge >= 0.3 is 0 Å². The Morgan fingerprint density at radius 2 is 2.42 bits per heavy atom. The van der Waals surface area contributed by atoms with Crippen molar-refractivity contribution in [1.82, 2.24) is 20.3 Å². The van der Waals surface area contributed by atoms with Gasteiger partial charge in [-0.15, -0.1) is 5.10 Å². The fraction of sp³-hybridized carbons (Fsp3) is 0.588. The lowest BCUT2D eigenvalue weighted by molar-refractivity contribution is 0.0166. The number of carbonyl (C=O) groups excluding carboxylic acids is 1. The maximum atomic E-state index is 12.2. The predicted octanol–water partition coefficient (Wildman–Crippen LogP) is 1.77. The third-order valence-corrected chi connectivity index (χ3v) is 4.15. The van der Waals surface area contributed by atoms with Crippen LogP contribution in [-0.4, -0.2) is 53.4 Å². The second kappa shape index (κ2) is 8.21. The molecule has 1 atom stereocenters. The lowest BCUT2D eigenvalue weighted by Gasteiger charge is -2.10. The minimum absolute atomic E-state index is 0.0953. The van der Waals surface area contributed by atoms with E-state index in [1.807, 2.05) is 17.7 Å². The molecule has 24 heavy (non-hydrogen) atoms. The highest BCUT2D eigenvalue weighted by molar-refractivity contribution is 5.97. The summed E-state index contributed by atoms with van der Waals surface area (Å²) in [7, 11) is 0. The zero-order valence-electron chi connectivity index (χ0n) is 14.0. The number of nitrogens with zero attached hydrogens (tertiary/aromatic N) is 3. The number of aromatic nitrogens is 3. The van der Waals surface area contributed by atoms with Crippen molar-refractivity contribution in [2.24, 2.45) is 0 Å².